The lowest BCUT2D eigenvalue weighted by Gasteiger charge is -2.17. The molecule has 0 aliphatic heterocycles. The second-order valence-electron chi connectivity index (χ2n) is 4.48. The van der Waals surface area contributed by atoms with E-state index in [1.807, 2.05) is 0 Å². The van der Waals surface area contributed by atoms with Crippen LogP contribution in [0.2, 0.25) is 5.02 Å². The van der Waals surface area contributed by atoms with Crippen LogP contribution in [-0.2, 0) is 0 Å². The van der Waals surface area contributed by atoms with Gasteiger partial charge in [0.25, 0.3) is 5.91 Å². The Morgan fingerprint density at radius 3 is 2.48 bits per heavy atom. The molecule has 0 fully saturated rings. The third-order valence-electron chi connectivity index (χ3n) is 2.90. The number of benzene rings is 1. The van der Waals surface area contributed by atoms with Crippen LogP contribution in [-0.4, -0.2) is 31.0 Å². The highest BCUT2D eigenvalue weighted by Gasteiger charge is 2.12. The summed E-state index contributed by atoms with van der Waals surface area (Å²) < 4.78 is 6.17. The van der Waals surface area contributed by atoms with Crippen molar-refractivity contribution < 1.29 is 14.3 Å². The lowest BCUT2D eigenvalue weighted by molar-refractivity contribution is -0.605. The van der Waals surface area contributed by atoms with Crippen LogP contribution in [0.15, 0.2) is 48.8 Å². The van der Waals surface area contributed by atoms with Gasteiger partial charge in [-0.3, -0.25) is 4.79 Å². The van der Waals surface area contributed by atoms with E-state index in [0.29, 0.717) is 34.2 Å². The van der Waals surface area contributed by atoms with Crippen molar-refractivity contribution in [3.63, 3.8) is 0 Å². The van der Waals surface area contributed by atoms with Crippen molar-refractivity contribution in [3.8, 4) is 5.75 Å². The molecule has 0 saturated heterocycles. The molecule has 0 aliphatic rings. The maximum absolute atomic E-state index is 12.1. The fourth-order valence-electron chi connectivity index (χ4n) is 1.71. The first kappa shape index (κ1) is 15.1. The summed E-state index contributed by atoms with van der Waals surface area (Å²) in [5.41, 5.74) is 0.469. The number of hydrogen-bond acceptors (Lipinski definition) is 3. The minimum atomic E-state index is -0.157. The highest BCUT2D eigenvalue weighted by Crippen LogP contribution is 2.15. The van der Waals surface area contributed by atoms with Crippen molar-refractivity contribution in [2.24, 2.45) is 0 Å². The zero-order valence-corrected chi connectivity index (χ0v) is 12.3. The Kier molecular flexibility index (Phi) is 5.00. The van der Waals surface area contributed by atoms with Gasteiger partial charge in [-0.05, 0) is 24.3 Å². The van der Waals surface area contributed by atoms with E-state index in [2.05, 4.69) is 0 Å². The van der Waals surface area contributed by atoms with Gasteiger partial charge in [0.1, 0.15) is 12.4 Å². The normalized spacial score (nSPS) is 10.2. The first-order chi connectivity index (χ1) is 10.1. The number of aromatic nitrogens is 1. The molecule has 0 aliphatic carbocycles. The molecule has 5 nitrogen and oxygen atoms in total. The largest absolute Gasteiger partial charge is 0.619 e. The number of nitrogens with zero attached hydrogens (tertiary/aromatic N) is 2. The zero-order valence-electron chi connectivity index (χ0n) is 11.5. The molecule has 0 saturated carbocycles. The molecule has 1 aromatic carbocycles. The maximum Gasteiger partial charge on any atom is 0.254 e. The van der Waals surface area contributed by atoms with E-state index in [0.717, 1.165) is 0 Å². The van der Waals surface area contributed by atoms with Crippen LogP contribution >= 0.6 is 11.6 Å². The van der Waals surface area contributed by atoms with Gasteiger partial charge in [0, 0.05) is 24.2 Å². The predicted molar refractivity (Wildman–Crippen MR) is 79.3 cm³/mol. The number of ether oxygens (including phenoxy) is 1. The van der Waals surface area contributed by atoms with Gasteiger partial charge >= 0.3 is 0 Å². The van der Waals surface area contributed by atoms with E-state index in [-0.39, 0.29) is 5.91 Å². The number of hydrogen-bond donors (Lipinski definition) is 0. The van der Waals surface area contributed by atoms with Crippen molar-refractivity contribution in [2.75, 3.05) is 20.2 Å². The van der Waals surface area contributed by atoms with Crippen LogP contribution < -0.4 is 9.47 Å². The van der Waals surface area contributed by atoms with Crippen LogP contribution in [0.1, 0.15) is 10.4 Å². The van der Waals surface area contributed by atoms with E-state index in [9.17, 15) is 10.0 Å². The van der Waals surface area contributed by atoms with Gasteiger partial charge in [0.05, 0.1) is 12.1 Å². The zero-order chi connectivity index (χ0) is 15.2. The van der Waals surface area contributed by atoms with Crippen LogP contribution in [0, 0.1) is 5.21 Å². The SMILES string of the molecule is CN(CCOc1ccc(Cl)cc1)C(=O)c1cc[n+]([O-])cc1. The number of amides is 1. The highest BCUT2D eigenvalue weighted by molar-refractivity contribution is 6.30. The van der Waals surface area contributed by atoms with Crippen molar-refractivity contribution in [1.82, 2.24) is 4.90 Å². The first-order valence-electron chi connectivity index (χ1n) is 6.39. The number of pyridine rings is 1. The molecule has 0 radical (unpaired) electrons. The van der Waals surface area contributed by atoms with Crippen molar-refractivity contribution in [2.45, 2.75) is 0 Å². The van der Waals surface area contributed by atoms with Gasteiger partial charge in [0.15, 0.2) is 12.4 Å². The van der Waals surface area contributed by atoms with E-state index >= 15 is 0 Å². The van der Waals surface area contributed by atoms with Gasteiger partial charge in [0.2, 0.25) is 0 Å². The predicted octanol–water partition coefficient (Wildman–Crippen LogP) is 2.12. The number of carbonyl (C=O) groups is 1. The highest BCUT2D eigenvalue weighted by atomic mass is 35.5. The smallest absolute Gasteiger partial charge is 0.254 e. The van der Waals surface area contributed by atoms with E-state index in [1.165, 1.54) is 24.5 Å². The molecule has 0 unspecified atom stereocenters. The monoisotopic (exact) mass is 306 g/mol. The van der Waals surface area contributed by atoms with Gasteiger partial charge < -0.3 is 14.8 Å². The van der Waals surface area contributed by atoms with Gasteiger partial charge in [-0.25, -0.2) is 0 Å². The van der Waals surface area contributed by atoms with Gasteiger partial charge in [-0.1, -0.05) is 11.6 Å². The molecule has 0 bridgehead atoms. The molecule has 1 amide bonds. The lowest BCUT2D eigenvalue weighted by atomic mass is 10.2. The lowest BCUT2D eigenvalue weighted by Crippen LogP contribution is -2.32. The minimum absolute atomic E-state index is 0.157. The molecule has 21 heavy (non-hydrogen) atoms. The third-order valence-corrected chi connectivity index (χ3v) is 3.16. The summed E-state index contributed by atoms with van der Waals surface area (Å²) in [5, 5.41) is 11.6. The quantitative estimate of drug-likeness (QED) is 0.628. The Bertz CT molecular complexity index is 599. The fourth-order valence-corrected chi connectivity index (χ4v) is 1.83. The summed E-state index contributed by atoms with van der Waals surface area (Å²) in [5.74, 6) is 0.544. The third kappa shape index (κ3) is 4.36. The van der Waals surface area contributed by atoms with E-state index < -0.39 is 0 Å². The molecule has 1 heterocycles. The number of carbonyl (C=O) groups excluding carboxylic acids is 1. The van der Waals surface area contributed by atoms with E-state index in [4.69, 9.17) is 16.3 Å². The molecular weight excluding hydrogens is 292 g/mol. The standard InChI is InChI=1S/C15H15ClN2O3/c1-17(15(19)12-6-8-18(20)9-7-12)10-11-21-14-4-2-13(16)3-5-14/h2-9H,10-11H2,1H3. The summed E-state index contributed by atoms with van der Waals surface area (Å²) in [6.07, 6.45) is 2.59. The second-order valence-corrected chi connectivity index (χ2v) is 4.91. The summed E-state index contributed by atoms with van der Waals surface area (Å²) in [6.45, 7) is 0.811. The Balaban J connectivity index is 1.83. The van der Waals surface area contributed by atoms with Gasteiger partial charge in [-0.15, -0.1) is 0 Å². The summed E-state index contributed by atoms with van der Waals surface area (Å²) >= 11 is 5.78. The molecule has 0 spiro atoms. The Morgan fingerprint density at radius 2 is 1.86 bits per heavy atom. The van der Waals surface area contributed by atoms with Crippen molar-refractivity contribution >= 4 is 17.5 Å². The van der Waals surface area contributed by atoms with Crippen LogP contribution in [0.25, 0.3) is 0 Å². The number of halogens is 1. The average Bonchev–Trinajstić information content (AvgIpc) is 2.49. The Hall–Kier alpha value is -2.27. The van der Waals surface area contributed by atoms with E-state index in [1.54, 1.807) is 36.2 Å². The molecule has 0 atom stereocenters. The Morgan fingerprint density at radius 1 is 1.24 bits per heavy atom. The van der Waals surface area contributed by atoms with Crippen LogP contribution in [0.3, 0.4) is 0 Å². The topological polar surface area (TPSA) is 56.5 Å². The summed E-state index contributed by atoms with van der Waals surface area (Å²) in [7, 11) is 1.69. The number of likely N-dealkylation sites (N-methyl/N-ethyl adjacent to an activating group) is 1. The number of rotatable bonds is 5. The fraction of sp³-hybridized carbons (Fsp3) is 0.200. The Labute approximate surface area is 127 Å². The summed E-state index contributed by atoms with van der Waals surface area (Å²) in [6, 6.07) is 10.0. The first-order valence-corrected chi connectivity index (χ1v) is 6.77. The molecular formula is C15H15ClN2O3. The minimum Gasteiger partial charge on any atom is -0.619 e. The summed E-state index contributed by atoms with van der Waals surface area (Å²) in [4.78, 5) is 13.6. The van der Waals surface area contributed by atoms with Gasteiger partial charge in [-0.2, -0.15) is 4.73 Å². The molecule has 6 heteroatoms. The maximum atomic E-state index is 12.1. The molecule has 2 rings (SSSR count). The van der Waals surface area contributed by atoms with Crippen LogP contribution in [0.5, 0.6) is 5.75 Å². The van der Waals surface area contributed by atoms with Crippen molar-refractivity contribution in [3.05, 3.63) is 64.6 Å². The second kappa shape index (κ2) is 6.95. The average molecular weight is 307 g/mol. The molecule has 0 N–H and O–H groups in total. The molecule has 110 valence electrons. The molecule has 1 aromatic heterocycles. The molecule has 2 aromatic rings. The van der Waals surface area contributed by atoms with Crippen LogP contribution in [0.4, 0.5) is 0 Å². The van der Waals surface area contributed by atoms with Crippen molar-refractivity contribution in [1.29, 1.82) is 0 Å².